The Kier molecular flexibility index (Phi) is 7.09. The van der Waals surface area contributed by atoms with Crippen molar-refractivity contribution in [2.75, 3.05) is 26.1 Å². The minimum absolute atomic E-state index is 0.105. The van der Waals surface area contributed by atoms with Gasteiger partial charge >= 0.3 is 0 Å². The van der Waals surface area contributed by atoms with E-state index in [-0.39, 0.29) is 11.5 Å². The predicted molar refractivity (Wildman–Crippen MR) is 134 cm³/mol. The number of fused-ring (bicyclic) bond motifs is 1. The number of benzene rings is 3. The second-order valence-electron chi connectivity index (χ2n) is 7.10. The lowest BCUT2D eigenvalue weighted by Crippen LogP contribution is -2.22. The van der Waals surface area contributed by atoms with Crippen molar-refractivity contribution in [3.05, 3.63) is 80.4 Å². The minimum atomic E-state index is -0.486. The molecule has 0 fully saturated rings. The molecular formula is C25H19BrClNO6. The highest BCUT2D eigenvalue weighted by Crippen LogP contribution is 2.41. The Hall–Kier alpha value is -3.49. The van der Waals surface area contributed by atoms with Crippen LogP contribution < -0.4 is 25.0 Å². The van der Waals surface area contributed by atoms with Crippen molar-refractivity contribution < 1.29 is 23.4 Å². The second-order valence-corrected chi connectivity index (χ2v) is 8.36. The van der Waals surface area contributed by atoms with E-state index in [1.165, 1.54) is 14.2 Å². The molecule has 1 amide bonds. The molecule has 0 aliphatic rings. The van der Waals surface area contributed by atoms with Gasteiger partial charge in [0.1, 0.15) is 5.58 Å². The number of methoxy groups -OCH3 is 2. The second kappa shape index (κ2) is 10.2. The molecule has 0 aliphatic carbocycles. The maximum absolute atomic E-state index is 13.3. The van der Waals surface area contributed by atoms with E-state index in [0.29, 0.717) is 43.2 Å². The van der Waals surface area contributed by atoms with Gasteiger partial charge in [0.25, 0.3) is 5.91 Å². The maximum Gasteiger partial charge on any atom is 0.262 e. The molecule has 0 radical (unpaired) electrons. The number of halogens is 2. The fraction of sp³-hybridized carbons (Fsp3) is 0.120. The zero-order chi connectivity index (χ0) is 24.2. The van der Waals surface area contributed by atoms with Gasteiger partial charge in [0.05, 0.1) is 34.8 Å². The third kappa shape index (κ3) is 4.73. The summed E-state index contributed by atoms with van der Waals surface area (Å²) >= 11 is 9.56. The lowest BCUT2D eigenvalue weighted by atomic mass is 10.1. The summed E-state index contributed by atoms with van der Waals surface area (Å²) in [4.78, 5) is 25.8. The maximum atomic E-state index is 13.3. The molecule has 0 saturated heterocycles. The first kappa shape index (κ1) is 23.7. The Morgan fingerprint density at radius 1 is 1.03 bits per heavy atom. The lowest BCUT2D eigenvalue weighted by molar-refractivity contribution is -0.118. The van der Waals surface area contributed by atoms with Crippen LogP contribution in [0.25, 0.3) is 22.3 Å². The summed E-state index contributed by atoms with van der Waals surface area (Å²) in [5.41, 5.74) is 0.899. The van der Waals surface area contributed by atoms with E-state index in [1.54, 1.807) is 60.7 Å². The molecule has 34 heavy (non-hydrogen) atoms. The fourth-order valence-electron chi connectivity index (χ4n) is 3.38. The highest BCUT2D eigenvalue weighted by molar-refractivity contribution is 9.10. The number of carbonyl (C=O) groups excluding carboxylic acids is 1. The molecule has 4 aromatic rings. The van der Waals surface area contributed by atoms with Gasteiger partial charge in [0, 0.05) is 5.56 Å². The number of anilines is 1. The number of amides is 1. The molecule has 0 aliphatic heterocycles. The zero-order valence-corrected chi connectivity index (χ0v) is 20.5. The van der Waals surface area contributed by atoms with Crippen LogP contribution in [0.2, 0.25) is 5.02 Å². The van der Waals surface area contributed by atoms with E-state index in [0.717, 1.165) is 0 Å². The predicted octanol–water partition coefficient (Wildman–Crippen LogP) is 5.91. The van der Waals surface area contributed by atoms with Crippen LogP contribution in [0, 0.1) is 0 Å². The number of hydrogen-bond acceptors (Lipinski definition) is 6. The molecule has 9 heteroatoms. The summed E-state index contributed by atoms with van der Waals surface area (Å²) in [6, 6.07) is 17.0. The van der Waals surface area contributed by atoms with Crippen LogP contribution in [0.5, 0.6) is 17.2 Å². The first-order chi connectivity index (χ1) is 16.4. The van der Waals surface area contributed by atoms with Crippen LogP contribution in [0.3, 0.4) is 0 Å². The summed E-state index contributed by atoms with van der Waals surface area (Å²) in [7, 11) is 3.02. The summed E-state index contributed by atoms with van der Waals surface area (Å²) in [6.07, 6.45) is 0. The Morgan fingerprint density at radius 2 is 1.76 bits per heavy atom. The van der Waals surface area contributed by atoms with Crippen molar-refractivity contribution in [2.24, 2.45) is 0 Å². The largest absolute Gasteiger partial charge is 0.493 e. The fourth-order valence-corrected chi connectivity index (χ4v) is 4.17. The topological polar surface area (TPSA) is 87.0 Å². The Labute approximate surface area is 208 Å². The summed E-state index contributed by atoms with van der Waals surface area (Å²) in [6.45, 7) is -0.435. The molecule has 0 saturated carbocycles. The van der Waals surface area contributed by atoms with Crippen molar-refractivity contribution in [1.82, 2.24) is 0 Å². The average molecular weight is 545 g/mol. The van der Waals surface area contributed by atoms with E-state index in [9.17, 15) is 9.59 Å². The molecule has 3 aromatic carbocycles. The SMILES string of the molecule is COc1cc(-c2oc3ccccc3c(=O)c2OCC(=O)Nc2ccccc2Cl)cc(Br)c1OC. The number of rotatable bonds is 7. The molecule has 1 aromatic heterocycles. The van der Waals surface area contributed by atoms with Crippen LogP contribution in [-0.2, 0) is 4.79 Å². The van der Waals surface area contributed by atoms with Crippen molar-refractivity contribution in [2.45, 2.75) is 0 Å². The number of hydrogen-bond donors (Lipinski definition) is 1. The van der Waals surface area contributed by atoms with Crippen LogP contribution in [-0.4, -0.2) is 26.7 Å². The van der Waals surface area contributed by atoms with Crippen molar-refractivity contribution >= 4 is 50.1 Å². The molecule has 1 N–H and O–H groups in total. The molecular weight excluding hydrogens is 526 g/mol. The third-order valence-corrected chi connectivity index (χ3v) is 5.87. The van der Waals surface area contributed by atoms with Gasteiger partial charge in [-0.25, -0.2) is 0 Å². The smallest absolute Gasteiger partial charge is 0.262 e. The monoisotopic (exact) mass is 543 g/mol. The summed E-state index contributed by atoms with van der Waals surface area (Å²) in [5.74, 6) is 0.462. The molecule has 1 heterocycles. The quantitative estimate of drug-likeness (QED) is 0.311. The van der Waals surface area contributed by atoms with E-state index in [4.69, 9.17) is 30.2 Å². The van der Waals surface area contributed by atoms with Gasteiger partial charge in [-0.3, -0.25) is 9.59 Å². The van der Waals surface area contributed by atoms with Crippen LogP contribution in [0.4, 0.5) is 5.69 Å². The van der Waals surface area contributed by atoms with Crippen molar-refractivity contribution in [3.8, 4) is 28.6 Å². The number of carbonyl (C=O) groups is 1. The van der Waals surface area contributed by atoms with Gasteiger partial charge in [0.2, 0.25) is 11.2 Å². The molecule has 7 nitrogen and oxygen atoms in total. The number of para-hydroxylation sites is 2. The van der Waals surface area contributed by atoms with Gasteiger partial charge in [0.15, 0.2) is 23.9 Å². The van der Waals surface area contributed by atoms with Gasteiger partial charge in [-0.15, -0.1) is 0 Å². The average Bonchev–Trinajstić information content (AvgIpc) is 2.84. The van der Waals surface area contributed by atoms with Gasteiger partial charge in [-0.05, 0) is 52.3 Å². The molecule has 0 bridgehead atoms. The summed E-state index contributed by atoms with van der Waals surface area (Å²) < 4.78 is 23.2. The van der Waals surface area contributed by atoms with Gasteiger partial charge < -0.3 is 23.9 Å². The van der Waals surface area contributed by atoms with Crippen LogP contribution in [0.1, 0.15) is 0 Å². The molecule has 174 valence electrons. The molecule has 0 unspecified atom stereocenters. The van der Waals surface area contributed by atoms with Crippen molar-refractivity contribution in [1.29, 1.82) is 0 Å². The van der Waals surface area contributed by atoms with E-state index < -0.39 is 17.9 Å². The molecule has 4 rings (SSSR count). The molecule has 0 spiro atoms. The zero-order valence-electron chi connectivity index (χ0n) is 18.2. The van der Waals surface area contributed by atoms with E-state index in [2.05, 4.69) is 21.2 Å². The Morgan fingerprint density at radius 3 is 2.50 bits per heavy atom. The van der Waals surface area contributed by atoms with Crippen LogP contribution >= 0.6 is 27.5 Å². The van der Waals surface area contributed by atoms with E-state index >= 15 is 0 Å². The van der Waals surface area contributed by atoms with Crippen molar-refractivity contribution in [3.63, 3.8) is 0 Å². The Bertz CT molecular complexity index is 1440. The minimum Gasteiger partial charge on any atom is -0.493 e. The van der Waals surface area contributed by atoms with E-state index in [1.807, 2.05) is 0 Å². The molecule has 0 atom stereocenters. The number of ether oxygens (including phenoxy) is 3. The lowest BCUT2D eigenvalue weighted by Gasteiger charge is -2.15. The van der Waals surface area contributed by atoms with Gasteiger partial charge in [-0.2, -0.15) is 0 Å². The number of nitrogens with one attached hydrogen (secondary N) is 1. The highest BCUT2D eigenvalue weighted by Gasteiger charge is 2.22. The normalized spacial score (nSPS) is 10.7. The highest BCUT2D eigenvalue weighted by atomic mass is 79.9. The Balaban J connectivity index is 1.76. The van der Waals surface area contributed by atoms with Crippen LogP contribution in [0.15, 0.2) is 74.3 Å². The summed E-state index contributed by atoms with van der Waals surface area (Å²) in [5, 5.41) is 3.38. The van der Waals surface area contributed by atoms with Gasteiger partial charge in [-0.1, -0.05) is 35.9 Å². The first-order valence-corrected chi connectivity index (χ1v) is 11.2. The standard InChI is InChI=1S/C25H19BrClNO6/c1-31-20-12-14(11-16(26)24(20)32-2)23-25(22(30)15-7-3-6-10-19(15)34-23)33-13-21(29)28-18-9-5-4-8-17(18)27/h3-12H,13H2,1-2H3,(H,28,29). The first-order valence-electron chi connectivity index (χ1n) is 10.1. The third-order valence-electron chi connectivity index (χ3n) is 4.95.